The van der Waals surface area contributed by atoms with Gasteiger partial charge in [-0.05, 0) is 18.6 Å². The average molecular weight is 278 g/mol. The summed E-state index contributed by atoms with van der Waals surface area (Å²) in [7, 11) is 0. The number of nitrogens with two attached hydrogens (primary N) is 1. The van der Waals surface area contributed by atoms with Gasteiger partial charge in [0, 0.05) is 0 Å². The number of carboxylic acids is 1. The Kier molecular flexibility index (Phi) is 4.24. The summed E-state index contributed by atoms with van der Waals surface area (Å²) in [6, 6.07) is 4.17. The first kappa shape index (κ1) is 14.3. The molecule has 0 radical (unpaired) electrons. The monoisotopic (exact) mass is 278 g/mol. The minimum atomic E-state index is -1.07. The predicted molar refractivity (Wildman–Crippen MR) is 74.1 cm³/mol. The number of ether oxygens (including phenoxy) is 1. The van der Waals surface area contributed by atoms with Crippen LogP contribution in [0.4, 0.5) is 5.69 Å². The van der Waals surface area contributed by atoms with Crippen molar-refractivity contribution in [3.8, 4) is 5.75 Å². The predicted octanol–water partition coefficient (Wildman–Crippen LogP) is 1.24. The molecule has 0 unspecified atom stereocenters. The van der Waals surface area contributed by atoms with Gasteiger partial charge in [-0.15, -0.1) is 0 Å². The van der Waals surface area contributed by atoms with Gasteiger partial charge in [-0.25, -0.2) is 4.79 Å². The van der Waals surface area contributed by atoms with Crippen LogP contribution in [0.1, 0.15) is 30.1 Å². The molecule has 1 atom stereocenters. The molecule has 6 heteroatoms. The maximum Gasteiger partial charge on any atom is 0.339 e. The Morgan fingerprint density at radius 1 is 1.50 bits per heavy atom. The number of aromatic carboxylic acids is 1. The molecule has 0 aliphatic carbocycles. The number of carboxylic acid groups (broad SMARTS) is 1. The van der Waals surface area contributed by atoms with E-state index in [1.165, 1.54) is 11.0 Å². The Bertz CT molecular complexity index is 530. The molecule has 1 aliphatic heterocycles. The Morgan fingerprint density at radius 3 is 2.90 bits per heavy atom. The van der Waals surface area contributed by atoms with Crippen LogP contribution in [0.3, 0.4) is 0 Å². The smallest absolute Gasteiger partial charge is 0.339 e. The highest BCUT2D eigenvalue weighted by Gasteiger charge is 2.29. The lowest BCUT2D eigenvalue weighted by molar-refractivity contribution is -0.120. The van der Waals surface area contributed by atoms with Crippen LogP contribution >= 0.6 is 0 Å². The summed E-state index contributed by atoms with van der Waals surface area (Å²) in [5.41, 5.74) is 6.40. The molecule has 1 amide bonds. The fourth-order valence-electron chi connectivity index (χ4n) is 2.28. The number of carbonyl (C=O) groups is 2. The SMILES string of the molecule is CCC[C@@H](N)C(=O)N1CCOc2c(C(=O)O)cccc21. The van der Waals surface area contributed by atoms with E-state index in [1.807, 2.05) is 6.92 Å². The summed E-state index contributed by atoms with van der Waals surface area (Å²) in [5.74, 6) is -1.03. The van der Waals surface area contributed by atoms with E-state index in [2.05, 4.69) is 0 Å². The van der Waals surface area contributed by atoms with Gasteiger partial charge in [0.05, 0.1) is 18.3 Å². The number of nitrogens with zero attached hydrogens (tertiary/aromatic N) is 1. The zero-order chi connectivity index (χ0) is 14.7. The van der Waals surface area contributed by atoms with Crippen LogP contribution in [0, 0.1) is 0 Å². The Hall–Kier alpha value is -2.08. The van der Waals surface area contributed by atoms with E-state index in [0.717, 1.165) is 6.42 Å². The number of fused-ring (bicyclic) bond motifs is 1. The number of anilines is 1. The van der Waals surface area contributed by atoms with Crippen LogP contribution in [-0.2, 0) is 4.79 Å². The van der Waals surface area contributed by atoms with Gasteiger partial charge < -0.3 is 20.5 Å². The molecule has 108 valence electrons. The summed E-state index contributed by atoms with van der Waals surface area (Å²) in [4.78, 5) is 25.0. The largest absolute Gasteiger partial charge is 0.489 e. The lowest BCUT2D eigenvalue weighted by atomic mass is 10.1. The van der Waals surface area contributed by atoms with Crippen molar-refractivity contribution >= 4 is 17.6 Å². The first-order valence-electron chi connectivity index (χ1n) is 6.62. The number of hydrogen-bond donors (Lipinski definition) is 2. The molecule has 0 bridgehead atoms. The molecular formula is C14H18N2O4. The number of rotatable bonds is 4. The summed E-state index contributed by atoms with van der Waals surface area (Å²) < 4.78 is 5.42. The third kappa shape index (κ3) is 2.60. The van der Waals surface area contributed by atoms with Crippen LogP contribution < -0.4 is 15.4 Å². The summed E-state index contributed by atoms with van der Waals surface area (Å²) in [5, 5.41) is 9.15. The average Bonchev–Trinajstić information content (AvgIpc) is 2.45. The van der Waals surface area contributed by atoms with Crippen molar-refractivity contribution in [1.29, 1.82) is 0 Å². The second kappa shape index (κ2) is 5.92. The number of carbonyl (C=O) groups excluding carboxylic acids is 1. The van der Waals surface area contributed by atoms with E-state index >= 15 is 0 Å². The van der Waals surface area contributed by atoms with E-state index in [4.69, 9.17) is 15.6 Å². The second-order valence-corrected chi connectivity index (χ2v) is 4.69. The lowest BCUT2D eigenvalue weighted by Gasteiger charge is -2.31. The van der Waals surface area contributed by atoms with Crippen LogP contribution in [-0.4, -0.2) is 36.2 Å². The molecule has 1 heterocycles. The van der Waals surface area contributed by atoms with Crippen molar-refractivity contribution in [2.75, 3.05) is 18.1 Å². The van der Waals surface area contributed by atoms with Crippen LogP contribution in [0.15, 0.2) is 18.2 Å². The third-order valence-corrected chi connectivity index (χ3v) is 3.26. The highest BCUT2D eigenvalue weighted by molar-refractivity contribution is 6.01. The number of para-hydroxylation sites is 1. The number of hydrogen-bond acceptors (Lipinski definition) is 4. The van der Waals surface area contributed by atoms with E-state index < -0.39 is 12.0 Å². The normalized spacial score (nSPS) is 15.2. The molecule has 6 nitrogen and oxygen atoms in total. The van der Waals surface area contributed by atoms with Crippen LogP contribution in [0.5, 0.6) is 5.75 Å². The van der Waals surface area contributed by atoms with Gasteiger partial charge in [-0.3, -0.25) is 4.79 Å². The molecule has 1 aromatic carbocycles. The zero-order valence-corrected chi connectivity index (χ0v) is 11.3. The van der Waals surface area contributed by atoms with E-state index in [9.17, 15) is 9.59 Å². The van der Waals surface area contributed by atoms with Crippen molar-refractivity contribution in [1.82, 2.24) is 0 Å². The quantitative estimate of drug-likeness (QED) is 0.864. The summed E-state index contributed by atoms with van der Waals surface area (Å²) >= 11 is 0. The molecule has 1 aromatic rings. The standard InChI is InChI=1S/C14H18N2O4/c1-2-4-10(15)13(17)16-7-8-20-12-9(14(18)19)5-3-6-11(12)16/h3,5-6,10H,2,4,7-8,15H2,1H3,(H,18,19)/t10-/m1/s1. The van der Waals surface area contributed by atoms with E-state index in [1.54, 1.807) is 12.1 Å². The van der Waals surface area contributed by atoms with Gasteiger partial charge >= 0.3 is 5.97 Å². The molecule has 0 spiro atoms. The van der Waals surface area contributed by atoms with E-state index in [-0.39, 0.29) is 23.8 Å². The lowest BCUT2D eigenvalue weighted by Crippen LogP contribution is -2.47. The van der Waals surface area contributed by atoms with Gasteiger partial charge in [0.25, 0.3) is 0 Å². The fourth-order valence-corrected chi connectivity index (χ4v) is 2.28. The van der Waals surface area contributed by atoms with Gasteiger partial charge in [-0.1, -0.05) is 19.4 Å². The topological polar surface area (TPSA) is 92.9 Å². The highest BCUT2D eigenvalue weighted by Crippen LogP contribution is 2.35. The Labute approximate surface area is 117 Å². The number of benzene rings is 1. The molecule has 1 aliphatic rings. The van der Waals surface area contributed by atoms with Crippen molar-refractivity contribution in [3.05, 3.63) is 23.8 Å². The molecular weight excluding hydrogens is 260 g/mol. The molecule has 2 rings (SSSR count). The first-order valence-corrected chi connectivity index (χ1v) is 6.62. The maximum atomic E-state index is 12.3. The maximum absolute atomic E-state index is 12.3. The molecule has 0 fully saturated rings. The van der Waals surface area contributed by atoms with Gasteiger partial charge in [-0.2, -0.15) is 0 Å². The van der Waals surface area contributed by atoms with Crippen molar-refractivity contribution < 1.29 is 19.4 Å². The minimum absolute atomic E-state index is 0.0593. The van der Waals surface area contributed by atoms with Crippen LogP contribution in [0.2, 0.25) is 0 Å². The third-order valence-electron chi connectivity index (χ3n) is 3.26. The minimum Gasteiger partial charge on any atom is -0.489 e. The molecule has 20 heavy (non-hydrogen) atoms. The fraction of sp³-hybridized carbons (Fsp3) is 0.429. The van der Waals surface area contributed by atoms with Crippen molar-refractivity contribution in [3.63, 3.8) is 0 Å². The highest BCUT2D eigenvalue weighted by atomic mass is 16.5. The summed E-state index contributed by atoms with van der Waals surface area (Å²) in [6.45, 7) is 2.61. The van der Waals surface area contributed by atoms with Gasteiger partial charge in [0.15, 0.2) is 5.75 Å². The molecule has 0 saturated heterocycles. The van der Waals surface area contributed by atoms with Gasteiger partial charge in [0.2, 0.25) is 5.91 Å². The van der Waals surface area contributed by atoms with E-state index in [0.29, 0.717) is 18.7 Å². The van der Waals surface area contributed by atoms with Crippen molar-refractivity contribution in [2.24, 2.45) is 5.73 Å². The first-order chi connectivity index (χ1) is 9.56. The van der Waals surface area contributed by atoms with Crippen molar-refractivity contribution in [2.45, 2.75) is 25.8 Å². The Balaban J connectivity index is 2.36. The molecule has 0 saturated carbocycles. The summed E-state index contributed by atoms with van der Waals surface area (Å²) in [6.07, 6.45) is 1.42. The zero-order valence-electron chi connectivity index (χ0n) is 11.3. The van der Waals surface area contributed by atoms with Gasteiger partial charge in [0.1, 0.15) is 12.2 Å². The molecule has 0 aromatic heterocycles. The number of amides is 1. The van der Waals surface area contributed by atoms with Crippen LogP contribution in [0.25, 0.3) is 0 Å². The second-order valence-electron chi connectivity index (χ2n) is 4.69. The molecule has 3 N–H and O–H groups in total. The Morgan fingerprint density at radius 2 is 2.25 bits per heavy atom.